The maximum absolute atomic E-state index is 12.1. The van der Waals surface area contributed by atoms with Gasteiger partial charge in [-0.05, 0) is 49.6 Å². The first kappa shape index (κ1) is 19.5. The van der Waals surface area contributed by atoms with Crippen LogP contribution >= 0.6 is 0 Å². The van der Waals surface area contributed by atoms with E-state index in [1.165, 1.54) is 0 Å². The lowest BCUT2D eigenvalue weighted by Crippen LogP contribution is -2.09. The average Bonchev–Trinajstić information content (AvgIpc) is 2.67. The van der Waals surface area contributed by atoms with E-state index >= 15 is 0 Å². The molecule has 28 heavy (non-hydrogen) atoms. The summed E-state index contributed by atoms with van der Waals surface area (Å²) in [6, 6.07) is 10.7. The molecule has 2 aromatic carbocycles. The zero-order valence-corrected chi connectivity index (χ0v) is 16.2. The van der Waals surface area contributed by atoms with Crippen LogP contribution in [0.25, 0.3) is 10.8 Å². The van der Waals surface area contributed by atoms with Gasteiger partial charge in [-0.15, -0.1) is 0 Å². The molecule has 2 N–H and O–H groups in total. The van der Waals surface area contributed by atoms with Crippen molar-refractivity contribution in [2.45, 2.75) is 33.6 Å². The van der Waals surface area contributed by atoms with E-state index in [2.05, 4.69) is 4.98 Å². The molecule has 0 fully saturated rings. The van der Waals surface area contributed by atoms with Crippen molar-refractivity contribution >= 4 is 16.7 Å². The summed E-state index contributed by atoms with van der Waals surface area (Å²) in [5.74, 6) is -0.247. The maximum atomic E-state index is 12.1. The molecular formula is C22H23NO5. The molecular weight excluding hydrogens is 358 g/mol. The summed E-state index contributed by atoms with van der Waals surface area (Å²) in [7, 11) is 0. The van der Waals surface area contributed by atoms with Crippen LogP contribution in [0.2, 0.25) is 0 Å². The van der Waals surface area contributed by atoms with Crippen molar-refractivity contribution in [2.75, 3.05) is 6.61 Å². The Morgan fingerprint density at radius 3 is 2.46 bits per heavy atom. The number of pyridine rings is 1. The number of carbonyl (C=O) groups is 1. The molecule has 0 aliphatic heterocycles. The van der Waals surface area contributed by atoms with Gasteiger partial charge < -0.3 is 19.7 Å². The predicted molar refractivity (Wildman–Crippen MR) is 106 cm³/mol. The zero-order valence-electron chi connectivity index (χ0n) is 16.2. The third-order valence-corrected chi connectivity index (χ3v) is 4.48. The molecule has 0 radical (unpaired) electrons. The largest absolute Gasteiger partial charge is 0.505 e. The molecule has 0 aliphatic carbocycles. The Morgan fingerprint density at radius 2 is 1.79 bits per heavy atom. The van der Waals surface area contributed by atoms with Crippen LogP contribution in [-0.2, 0) is 4.74 Å². The molecule has 0 unspecified atom stereocenters. The lowest BCUT2D eigenvalue weighted by atomic mass is 10.1. The molecule has 0 bridgehead atoms. The van der Waals surface area contributed by atoms with Gasteiger partial charge in [-0.2, -0.15) is 0 Å². The second-order valence-corrected chi connectivity index (χ2v) is 6.65. The fourth-order valence-corrected chi connectivity index (χ4v) is 2.92. The number of rotatable bonds is 6. The standard InChI is InChI=1S/C22H23NO5/c1-4-5-11-27-22(26)18-19(24)16-10-9-15(12-17(16)21(25)23-18)28-20-13(2)7-6-8-14(20)3/h6-10,12,24H,4-5,11H2,1-3H3,(H,23,25). The van der Waals surface area contributed by atoms with Crippen LogP contribution in [-0.4, -0.2) is 27.8 Å². The highest BCUT2D eigenvalue weighted by Crippen LogP contribution is 2.37. The quantitative estimate of drug-likeness (QED) is 0.461. The van der Waals surface area contributed by atoms with Crippen LogP contribution in [0, 0.1) is 13.8 Å². The second-order valence-electron chi connectivity index (χ2n) is 6.65. The van der Waals surface area contributed by atoms with Crippen molar-refractivity contribution in [3.63, 3.8) is 0 Å². The van der Waals surface area contributed by atoms with Gasteiger partial charge in [0.2, 0.25) is 5.88 Å². The Bertz CT molecular complexity index is 1010. The lowest BCUT2D eigenvalue weighted by Gasteiger charge is -2.13. The molecule has 146 valence electrons. The predicted octanol–water partition coefficient (Wildman–Crippen LogP) is 5.01. The summed E-state index contributed by atoms with van der Waals surface area (Å²) in [6.07, 6.45) is 1.59. The number of unbranched alkanes of at least 4 members (excludes halogenated alkanes) is 1. The number of benzene rings is 2. The first-order chi connectivity index (χ1) is 13.4. The van der Waals surface area contributed by atoms with E-state index in [4.69, 9.17) is 9.47 Å². The normalized spacial score (nSPS) is 10.8. The number of aromatic hydroxyl groups is 2. The minimum Gasteiger partial charge on any atom is -0.505 e. The van der Waals surface area contributed by atoms with E-state index in [0.29, 0.717) is 17.6 Å². The van der Waals surface area contributed by atoms with Crippen LogP contribution in [0.1, 0.15) is 41.4 Å². The van der Waals surface area contributed by atoms with E-state index < -0.39 is 5.97 Å². The van der Waals surface area contributed by atoms with E-state index in [9.17, 15) is 15.0 Å². The highest BCUT2D eigenvalue weighted by molar-refractivity contribution is 6.01. The number of hydrogen-bond donors (Lipinski definition) is 2. The fraction of sp³-hybridized carbons (Fsp3) is 0.273. The Morgan fingerprint density at radius 1 is 1.07 bits per heavy atom. The Labute approximate surface area is 163 Å². The number of ether oxygens (including phenoxy) is 2. The Hall–Kier alpha value is -3.28. The molecule has 0 atom stereocenters. The number of para-hydroxylation sites is 1. The zero-order chi connectivity index (χ0) is 20.3. The first-order valence-electron chi connectivity index (χ1n) is 9.19. The van der Waals surface area contributed by atoms with Crippen LogP contribution < -0.4 is 4.74 Å². The van der Waals surface area contributed by atoms with E-state index in [1.54, 1.807) is 18.2 Å². The van der Waals surface area contributed by atoms with Gasteiger partial charge >= 0.3 is 5.97 Å². The van der Waals surface area contributed by atoms with Crippen LogP contribution in [0.4, 0.5) is 0 Å². The smallest absolute Gasteiger partial charge is 0.360 e. The molecule has 6 nitrogen and oxygen atoms in total. The summed E-state index contributed by atoms with van der Waals surface area (Å²) in [6.45, 7) is 6.11. The molecule has 0 saturated heterocycles. The van der Waals surface area contributed by atoms with E-state index in [1.807, 2.05) is 39.0 Å². The molecule has 1 aromatic heterocycles. The molecule has 6 heteroatoms. The monoisotopic (exact) mass is 381 g/mol. The number of aromatic nitrogens is 1. The van der Waals surface area contributed by atoms with Gasteiger partial charge in [0.25, 0.3) is 0 Å². The third kappa shape index (κ3) is 3.86. The molecule has 0 amide bonds. The van der Waals surface area contributed by atoms with E-state index in [0.717, 1.165) is 23.3 Å². The topological polar surface area (TPSA) is 88.9 Å². The second kappa shape index (κ2) is 8.17. The number of esters is 1. The van der Waals surface area contributed by atoms with Gasteiger partial charge in [0.05, 0.1) is 12.0 Å². The number of nitrogens with zero attached hydrogens (tertiary/aromatic N) is 1. The molecule has 3 aromatic rings. The Kier molecular flexibility index (Phi) is 5.68. The lowest BCUT2D eigenvalue weighted by molar-refractivity contribution is 0.0488. The highest BCUT2D eigenvalue weighted by Gasteiger charge is 2.21. The minimum atomic E-state index is -0.765. The van der Waals surface area contributed by atoms with Crippen LogP contribution in [0.15, 0.2) is 36.4 Å². The summed E-state index contributed by atoms with van der Waals surface area (Å²) < 4.78 is 11.1. The van der Waals surface area contributed by atoms with Crippen LogP contribution in [0.3, 0.4) is 0 Å². The van der Waals surface area contributed by atoms with Gasteiger partial charge in [-0.25, -0.2) is 9.78 Å². The average molecular weight is 381 g/mol. The Balaban J connectivity index is 1.96. The number of aryl methyl sites for hydroxylation is 2. The van der Waals surface area contributed by atoms with Crippen molar-refractivity contribution in [2.24, 2.45) is 0 Å². The van der Waals surface area contributed by atoms with Crippen molar-refractivity contribution in [3.05, 3.63) is 53.2 Å². The minimum absolute atomic E-state index is 0.234. The fourth-order valence-electron chi connectivity index (χ4n) is 2.92. The molecule has 1 heterocycles. The maximum Gasteiger partial charge on any atom is 0.360 e. The summed E-state index contributed by atoms with van der Waals surface area (Å²) in [5, 5.41) is 21.3. The SMILES string of the molecule is CCCCOC(=O)c1nc(O)c2cc(Oc3c(C)cccc3C)ccc2c1O. The van der Waals surface area contributed by atoms with Gasteiger partial charge in [-0.1, -0.05) is 31.5 Å². The van der Waals surface area contributed by atoms with Crippen molar-refractivity contribution in [1.29, 1.82) is 0 Å². The van der Waals surface area contributed by atoms with Gasteiger partial charge in [-0.3, -0.25) is 0 Å². The van der Waals surface area contributed by atoms with Crippen molar-refractivity contribution in [3.8, 4) is 23.1 Å². The van der Waals surface area contributed by atoms with Gasteiger partial charge in [0.1, 0.15) is 11.5 Å². The molecule has 0 aliphatic rings. The number of carbonyl (C=O) groups excluding carboxylic acids is 1. The summed E-state index contributed by atoms with van der Waals surface area (Å²) >= 11 is 0. The molecule has 0 spiro atoms. The summed E-state index contributed by atoms with van der Waals surface area (Å²) in [5.41, 5.74) is 1.66. The van der Waals surface area contributed by atoms with Gasteiger partial charge in [0.15, 0.2) is 11.4 Å². The van der Waals surface area contributed by atoms with E-state index in [-0.39, 0.29) is 29.3 Å². The number of hydrogen-bond acceptors (Lipinski definition) is 6. The van der Waals surface area contributed by atoms with Crippen molar-refractivity contribution in [1.82, 2.24) is 4.98 Å². The summed E-state index contributed by atoms with van der Waals surface area (Å²) in [4.78, 5) is 16.0. The molecule has 0 saturated carbocycles. The first-order valence-corrected chi connectivity index (χ1v) is 9.19. The van der Waals surface area contributed by atoms with Crippen molar-refractivity contribution < 1.29 is 24.5 Å². The van der Waals surface area contributed by atoms with Gasteiger partial charge in [0, 0.05) is 5.39 Å². The molecule has 3 rings (SSSR count). The third-order valence-electron chi connectivity index (χ3n) is 4.48. The van der Waals surface area contributed by atoms with Crippen LogP contribution in [0.5, 0.6) is 23.1 Å². The number of fused-ring (bicyclic) bond motifs is 1. The highest BCUT2D eigenvalue weighted by atomic mass is 16.5.